The average molecular weight is 759 g/mol. The quantitative estimate of drug-likeness (QED) is 0.105. The van der Waals surface area contributed by atoms with Gasteiger partial charge in [-0.1, -0.05) is 18.6 Å². The van der Waals surface area contributed by atoms with E-state index in [1.165, 1.54) is 30.5 Å². The number of hydrogen-bond acceptors (Lipinski definition) is 11. The normalized spacial score (nSPS) is 25.1. The minimum absolute atomic E-state index is 0.0130. The number of anilines is 1. The third-order valence-corrected chi connectivity index (χ3v) is 10.8. The summed E-state index contributed by atoms with van der Waals surface area (Å²) in [5, 5.41) is 12.0. The number of carbonyl (C=O) groups is 2. The average Bonchev–Trinajstić information content (AvgIpc) is 3.47. The lowest BCUT2D eigenvalue weighted by atomic mass is 9.95. The van der Waals surface area contributed by atoms with Crippen molar-refractivity contribution in [3.8, 4) is 35.4 Å². The number of pyridine rings is 1. The van der Waals surface area contributed by atoms with Crippen molar-refractivity contribution >= 4 is 39.6 Å². The maximum absolute atomic E-state index is 17.3. The third-order valence-electron chi connectivity index (χ3n) is 10.8. The van der Waals surface area contributed by atoms with E-state index >= 15 is 8.78 Å². The van der Waals surface area contributed by atoms with Crippen LogP contribution < -0.4 is 14.4 Å². The topological polar surface area (TPSA) is 130 Å². The Morgan fingerprint density at radius 2 is 1.93 bits per heavy atom. The van der Waals surface area contributed by atoms with Crippen LogP contribution in [0, 0.1) is 24.0 Å². The number of ether oxygens (including phenoxy) is 3. The second-order valence-electron chi connectivity index (χ2n) is 15.2. The van der Waals surface area contributed by atoms with Gasteiger partial charge >= 0.3 is 12.2 Å². The highest BCUT2D eigenvalue weighted by atomic mass is 19.1. The molecule has 12 nitrogen and oxygen atoms in total. The molecule has 1 unspecified atom stereocenters. The number of halogens is 3. The number of piperazine rings is 1. The number of benzene rings is 2. The molecule has 15 heteroatoms. The fraction of sp³-hybridized carbons (Fsp3) is 0.425. The monoisotopic (exact) mass is 758 g/mol. The number of nitrogens with zero attached hydrogens (tertiary/aromatic N) is 6. The van der Waals surface area contributed by atoms with Crippen molar-refractivity contribution in [3.05, 3.63) is 60.3 Å². The summed E-state index contributed by atoms with van der Waals surface area (Å²) in [6, 6.07) is 4.08. The Kier molecular flexibility index (Phi) is 9.63. The number of likely N-dealkylation sites (tertiary alicyclic amines) is 1. The molecule has 3 aliphatic heterocycles. The van der Waals surface area contributed by atoms with Crippen molar-refractivity contribution in [2.45, 2.75) is 76.0 Å². The maximum Gasteiger partial charge on any atom is 0.514 e. The first-order valence-corrected chi connectivity index (χ1v) is 17.9. The standard InChI is InChI=1S/C40H41F3N6O6/c1-8-26-29(42)11-10-22-12-25(55-38(51)54-21(3)4)13-27(32(22)26)34-33(43)35-28(16-44-34)36(46-37(45-35)53-20-39(5)14-23(41)17-47(39)7)48-18-24-15-40(6,52)30(19-48)49(24)31(50)9-2/h1,9-13,16,21,23-24,30,52H,2,14-15,17-20H2,3-7H3/t23-,24-,30-,39+,40?/m1/s1. The molecule has 2 bridgehead atoms. The predicted molar refractivity (Wildman–Crippen MR) is 198 cm³/mol. The molecule has 2 aromatic heterocycles. The number of aliphatic hydroxyl groups is 1. The SMILES string of the molecule is C#Cc1c(F)ccc2cc(OC(=O)OC(C)C)cc(-c3ncc4c(N5C[C@H]6CC(C)(O)[C@@H](C5)N6C(=O)C=C)nc(OC[C@]5(C)C[C@@H](F)CN5C)nc4c3F)c12. The Morgan fingerprint density at radius 3 is 2.58 bits per heavy atom. The van der Waals surface area contributed by atoms with Gasteiger partial charge in [-0.05, 0) is 64.4 Å². The first-order chi connectivity index (χ1) is 26.0. The van der Waals surface area contributed by atoms with Crippen LogP contribution in [0.5, 0.6) is 11.8 Å². The summed E-state index contributed by atoms with van der Waals surface area (Å²) in [4.78, 5) is 44.4. The summed E-state index contributed by atoms with van der Waals surface area (Å²) in [7, 11) is 1.79. The molecular formula is C40H41F3N6O6. The van der Waals surface area contributed by atoms with Crippen LogP contribution in [-0.2, 0) is 9.53 Å². The molecule has 7 rings (SSSR count). The molecule has 3 aliphatic rings. The molecule has 0 spiro atoms. The molecular weight excluding hydrogens is 717 g/mol. The minimum atomic E-state index is -1.23. The zero-order valence-corrected chi connectivity index (χ0v) is 31.1. The summed E-state index contributed by atoms with van der Waals surface area (Å²) >= 11 is 0. The van der Waals surface area contributed by atoms with Gasteiger partial charge in [0, 0.05) is 49.6 Å². The fourth-order valence-electron chi connectivity index (χ4n) is 8.08. The Morgan fingerprint density at radius 1 is 1.16 bits per heavy atom. The van der Waals surface area contributed by atoms with Crippen molar-refractivity contribution in [1.29, 1.82) is 0 Å². The lowest BCUT2D eigenvalue weighted by molar-refractivity contribution is -0.131. The van der Waals surface area contributed by atoms with Crippen LogP contribution in [0.1, 0.15) is 46.1 Å². The van der Waals surface area contributed by atoms with E-state index in [1.807, 2.05) is 16.7 Å². The molecule has 288 valence electrons. The van der Waals surface area contributed by atoms with Gasteiger partial charge in [0.25, 0.3) is 0 Å². The van der Waals surface area contributed by atoms with Crippen LogP contribution >= 0.6 is 0 Å². The molecule has 0 radical (unpaired) electrons. The number of aromatic nitrogens is 3. The van der Waals surface area contributed by atoms with Crippen molar-refractivity contribution < 1.29 is 42.1 Å². The van der Waals surface area contributed by atoms with Crippen LogP contribution in [0.15, 0.2) is 43.1 Å². The first kappa shape index (κ1) is 37.8. The van der Waals surface area contributed by atoms with Gasteiger partial charge in [-0.15, -0.1) is 6.42 Å². The van der Waals surface area contributed by atoms with Gasteiger partial charge in [0.2, 0.25) is 5.91 Å². The summed E-state index contributed by atoms with van der Waals surface area (Å²) in [6.07, 6.45) is 6.28. The van der Waals surface area contributed by atoms with E-state index < -0.39 is 53.3 Å². The largest absolute Gasteiger partial charge is 0.514 e. The van der Waals surface area contributed by atoms with Gasteiger partial charge in [-0.2, -0.15) is 9.97 Å². The third kappa shape index (κ3) is 6.78. The zero-order chi connectivity index (χ0) is 39.6. The predicted octanol–water partition coefficient (Wildman–Crippen LogP) is 5.57. The van der Waals surface area contributed by atoms with E-state index in [0.29, 0.717) is 5.39 Å². The summed E-state index contributed by atoms with van der Waals surface area (Å²) in [5.41, 5.74) is -2.59. The van der Waals surface area contributed by atoms with Gasteiger partial charge < -0.3 is 29.1 Å². The fourth-order valence-corrected chi connectivity index (χ4v) is 8.08. The molecule has 3 fully saturated rings. The Hall–Kier alpha value is -5.46. The molecule has 0 saturated carbocycles. The molecule has 5 heterocycles. The second kappa shape index (κ2) is 14.0. The van der Waals surface area contributed by atoms with E-state index in [2.05, 4.69) is 22.5 Å². The van der Waals surface area contributed by atoms with Crippen molar-refractivity contribution in [2.75, 3.05) is 38.2 Å². The van der Waals surface area contributed by atoms with Gasteiger partial charge in [0.15, 0.2) is 5.82 Å². The smallest absolute Gasteiger partial charge is 0.461 e. The number of carbonyl (C=O) groups excluding carboxylic acids is 2. The van der Waals surface area contributed by atoms with Gasteiger partial charge in [0.1, 0.15) is 41.4 Å². The molecule has 0 aliphatic carbocycles. The molecule has 1 N–H and O–H groups in total. The number of alkyl halides is 1. The minimum Gasteiger partial charge on any atom is -0.461 e. The Balaban J connectivity index is 1.39. The summed E-state index contributed by atoms with van der Waals surface area (Å²) in [6.45, 7) is 11.0. The number of likely N-dealkylation sites (N-methyl/N-ethyl adjacent to an activating group) is 1. The van der Waals surface area contributed by atoms with E-state index in [0.717, 1.165) is 6.07 Å². The van der Waals surface area contributed by atoms with E-state index in [4.69, 9.17) is 25.6 Å². The van der Waals surface area contributed by atoms with Crippen LogP contribution in [0.3, 0.4) is 0 Å². The second-order valence-corrected chi connectivity index (χ2v) is 15.2. The molecule has 5 atom stereocenters. The zero-order valence-electron chi connectivity index (χ0n) is 31.1. The highest BCUT2D eigenvalue weighted by molar-refractivity contribution is 6.03. The number of terminal acetylenes is 1. The number of amides is 1. The highest BCUT2D eigenvalue weighted by Crippen LogP contribution is 2.43. The van der Waals surface area contributed by atoms with Gasteiger partial charge in [-0.3, -0.25) is 14.7 Å². The van der Waals surface area contributed by atoms with Crippen LogP contribution in [0.4, 0.5) is 23.8 Å². The highest BCUT2D eigenvalue weighted by Gasteiger charge is 2.54. The molecule has 55 heavy (non-hydrogen) atoms. The van der Waals surface area contributed by atoms with E-state index in [1.54, 1.807) is 32.7 Å². The summed E-state index contributed by atoms with van der Waals surface area (Å²) in [5.74, 6) is 0.556. The van der Waals surface area contributed by atoms with Gasteiger partial charge in [0.05, 0.1) is 40.3 Å². The van der Waals surface area contributed by atoms with Crippen molar-refractivity contribution in [3.63, 3.8) is 0 Å². The first-order valence-electron chi connectivity index (χ1n) is 17.9. The van der Waals surface area contributed by atoms with Crippen LogP contribution in [-0.4, -0.2) is 111 Å². The molecule has 4 aromatic rings. The van der Waals surface area contributed by atoms with Crippen molar-refractivity contribution in [1.82, 2.24) is 24.8 Å². The maximum atomic E-state index is 17.3. The van der Waals surface area contributed by atoms with E-state index in [-0.39, 0.29) is 95.7 Å². The van der Waals surface area contributed by atoms with Crippen LogP contribution in [0.2, 0.25) is 0 Å². The summed E-state index contributed by atoms with van der Waals surface area (Å²) < 4.78 is 63.6. The Labute approximate surface area is 315 Å². The van der Waals surface area contributed by atoms with Crippen LogP contribution in [0.25, 0.3) is 32.9 Å². The lowest BCUT2D eigenvalue weighted by Gasteiger charge is -2.42. The van der Waals surface area contributed by atoms with Gasteiger partial charge in [-0.25, -0.2) is 18.0 Å². The molecule has 3 saturated heterocycles. The molecule has 2 aromatic carbocycles. The number of hydrogen-bond donors (Lipinski definition) is 1. The lowest BCUT2D eigenvalue weighted by Crippen LogP contribution is -2.59. The number of fused-ring (bicyclic) bond motifs is 4. The Bertz CT molecular complexity index is 2280. The van der Waals surface area contributed by atoms with E-state index in [9.17, 15) is 19.1 Å². The number of rotatable bonds is 8. The molecule has 1 amide bonds. The van der Waals surface area contributed by atoms with Crippen molar-refractivity contribution in [2.24, 2.45) is 0 Å².